The van der Waals surface area contributed by atoms with Crippen LogP contribution in [-0.2, 0) is 0 Å². The van der Waals surface area contributed by atoms with Crippen molar-refractivity contribution >= 4 is 17.3 Å². The normalized spacial score (nSPS) is 10.8. The van der Waals surface area contributed by atoms with Gasteiger partial charge in [0.15, 0.2) is 11.6 Å². The van der Waals surface area contributed by atoms with E-state index in [0.29, 0.717) is 21.8 Å². The van der Waals surface area contributed by atoms with Gasteiger partial charge in [-0.2, -0.15) is 4.98 Å². The molecule has 7 heteroatoms. The molecule has 106 valence electrons. The second-order valence-electron chi connectivity index (χ2n) is 4.25. The molecular weight excluding hydrogens is 300 g/mol. The minimum Gasteiger partial charge on any atom is -0.397 e. The number of hydrogen-bond donors (Lipinski definition) is 1. The molecule has 4 nitrogen and oxygen atoms in total. The summed E-state index contributed by atoms with van der Waals surface area (Å²) in [4.78, 5) is 4.12. The van der Waals surface area contributed by atoms with Crippen LogP contribution in [-0.4, -0.2) is 10.1 Å². The number of aromatic nitrogens is 2. The van der Waals surface area contributed by atoms with Gasteiger partial charge in [0.1, 0.15) is 0 Å². The number of hydrogen-bond acceptors (Lipinski definition) is 4. The summed E-state index contributed by atoms with van der Waals surface area (Å²) >= 11 is 5.92. The van der Waals surface area contributed by atoms with Crippen LogP contribution in [0.15, 0.2) is 40.9 Å². The molecule has 3 rings (SSSR count). The molecule has 0 fully saturated rings. The maximum atomic E-state index is 13.2. The SMILES string of the molecule is Nc1c(Cl)cccc1-c1nc(-c2ccc(F)c(F)c2)no1. The van der Waals surface area contributed by atoms with Gasteiger partial charge in [-0.15, -0.1) is 0 Å². The van der Waals surface area contributed by atoms with E-state index in [1.807, 2.05) is 0 Å². The van der Waals surface area contributed by atoms with E-state index in [9.17, 15) is 8.78 Å². The first-order chi connectivity index (χ1) is 10.1. The molecule has 0 radical (unpaired) electrons. The largest absolute Gasteiger partial charge is 0.397 e. The van der Waals surface area contributed by atoms with Crippen LogP contribution in [0, 0.1) is 11.6 Å². The number of anilines is 1. The fraction of sp³-hybridized carbons (Fsp3) is 0. The third-order valence-corrected chi connectivity index (χ3v) is 3.22. The highest BCUT2D eigenvalue weighted by atomic mass is 35.5. The molecule has 3 aromatic rings. The fourth-order valence-electron chi connectivity index (χ4n) is 1.81. The summed E-state index contributed by atoms with van der Waals surface area (Å²) in [6.07, 6.45) is 0. The summed E-state index contributed by atoms with van der Waals surface area (Å²) in [5.41, 5.74) is 6.91. The number of nitrogens with zero attached hydrogens (tertiary/aromatic N) is 2. The van der Waals surface area contributed by atoms with Crippen LogP contribution < -0.4 is 5.73 Å². The molecule has 0 spiro atoms. The zero-order chi connectivity index (χ0) is 15.0. The zero-order valence-electron chi connectivity index (χ0n) is 10.5. The number of para-hydroxylation sites is 1. The van der Waals surface area contributed by atoms with Crippen LogP contribution >= 0.6 is 11.6 Å². The molecule has 0 aliphatic rings. The van der Waals surface area contributed by atoms with E-state index in [1.54, 1.807) is 18.2 Å². The first kappa shape index (κ1) is 13.5. The number of nitrogens with two attached hydrogens (primary N) is 1. The Morgan fingerprint density at radius 1 is 1.10 bits per heavy atom. The molecule has 1 heterocycles. The van der Waals surface area contributed by atoms with E-state index >= 15 is 0 Å². The van der Waals surface area contributed by atoms with Crippen LogP contribution in [0.25, 0.3) is 22.8 Å². The van der Waals surface area contributed by atoms with Crippen LogP contribution in [0.2, 0.25) is 5.02 Å². The highest BCUT2D eigenvalue weighted by molar-refractivity contribution is 6.33. The van der Waals surface area contributed by atoms with Crippen molar-refractivity contribution < 1.29 is 13.3 Å². The van der Waals surface area contributed by atoms with Crippen LogP contribution in [0.3, 0.4) is 0 Å². The quantitative estimate of drug-likeness (QED) is 0.729. The van der Waals surface area contributed by atoms with Gasteiger partial charge in [0.25, 0.3) is 5.89 Å². The van der Waals surface area contributed by atoms with Gasteiger partial charge >= 0.3 is 0 Å². The van der Waals surface area contributed by atoms with Gasteiger partial charge in [-0.1, -0.05) is 22.8 Å². The van der Waals surface area contributed by atoms with E-state index < -0.39 is 11.6 Å². The summed E-state index contributed by atoms with van der Waals surface area (Å²) in [7, 11) is 0. The van der Waals surface area contributed by atoms with Crippen molar-refractivity contribution in [2.24, 2.45) is 0 Å². The summed E-state index contributed by atoms with van der Waals surface area (Å²) in [6.45, 7) is 0. The number of halogens is 3. The molecular formula is C14H8ClF2N3O. The van der Waals surface area contributed by atoms with Gasteiger partial charge in [0.2, 0.25) is 5.82 Å². The van der Waals surface area contributed by atoms with Crippen molar-refractivity contribution in [2.45, 2.75) is 0 Å². The fourth-order valence-corrected chi connectivity index (χ4v) is 1.98. The molecule has 0 amide bonds. The maximum Gasteiger partial charge on any atom is 0.260 e. The molecule has 0 unspecified atom stereocenters. The van der Waals surface area contributed by atoms with Gasteiger partial charge in [0.05, 0.1) is 16.3 Å². The Kier molecular flexibility index (Phi) is 3.31. The highest BCUT2D eigenvalue weighted by Crippen LogP contribution is 2.31. The number of benzene rings is 2. The van der Waals surface area contributed by atoms with Gasteiger partial charge < -0.3 is 10.3 Å². The molecule has 21 heavy (non-hydrogen) atoms. The van der Waals surface area contributed by atoms with Gasteiger partial charge in [-0.25, -0.2) is 8.78 Å². The first-order valence-electron chi connectivity index (χ1n) is 5.90. The van der Waals surface area contributed by atoms with E-state index in [2.05, 4.69) is 10.1 Å². The maximum absolute atomic E-state index is 13.2. The Morgan fingerprint density at radius 3 is 2.67 bits per heavy atom. The van der Waals surface area contributed by atoms with Crippen molar-refractivity contribution in [3.05, 3.63) is 53.1 Å². The Balaban J connectivity index is 2.03. The van der Waals surface area contributed by atoms with E-state index in [1.165, 1.54) is 6.07 Å². The summed E-state index contributed by atoms with van der Waals surface area (Å²) in [5, 5.41) is 4.09. The number of nitrogen functional groups attached to an aromatic ring is 1. The predicted octanol–water partition coefficient (Wildman–Crippen LogP) is 3.92. The number of rotatable bonds is 2. The molecule has 0 saturated heterocycles. The predicted molar refractivity (Wildman–Crippen MR) is 74.5 cm³/mol. The smallest absolute Gasteiger partial charge is 0.260 e. The monoisotopic (exact) mass is 307 g/mol. The van der Waals surface area contributed by atoms with Crippen molar-refractivity contribution in [1.29, 1.82) is 0 Å². The Bertz CT molecular complexity index is 820. The Hall–Kier alpha value is -2.47. The molecule has 2 aromatic carbocycles. The van der Waals surface area contributed by atoms with Crippen molar-refractivity contribution in [3.63, 3.8) is 0 Å². The lowest BCUT2D eigenvalue weighted by atomic mass is 10.1. The lowest BCUT2D eigenvalue weighted by Crippen LogP contribution is -1.91. The van der Waals surface area contributed by atoms with Crippen molar-refractivity contribution in [3.8, 4) is 22.8 Å². The van der Waals surface area contributed by atoms with Gasteiger partial charge in [-0.05, 0) is 30.3 Å². The van der Waals surface area contributed by atoms with E-state index in [4.69, 9.17) is 21.9 Å². The molecule has 0 bridgehead atoms. The molecule has 2 N–H and O–H groups in total. The average Bonchev–Trinajstić information content (AvgIpc) is 2.94. The zero-order valence-corrected chi connectivity index (χ0v) is 11.2. The standard InChI is InChI=1S/C14H8ClF2N3O/c15-9-3-1-2-8(12(9)18)14-19-13(20-21-14)7-4-5-10(16)11(17)6-7/h1-6H,18H2. The molecule has 0 aliphatic heterocycles. The Morgan fingerprint density at radius 2 is 1.90 bits per heavy atom. The molecule has 1 aromatic heterocycles. The minimum absolute atomic E-state index is 0.128. The van der Waals surface area contributed by atoms with E-state index in [0.717, 1.165) is 12.1 Å². The van der Waals surface area contributed by atoms with Gasteiger partial charge in [0, 0.05) is 5.56 Å². The third kappa shape index (κ3) is 2.45. The lowest BCUT2D eigenvalue weighted by molar-refractivity contribution is 0.432. The topological polar surface area (TPSA) is 64.9 Å². The first-order valence-corrected chi connectivity index (χ1v) is 6.27. The van der Waals surface area contributed by atoms with E-state index in [-0.39, 0.29) is 11.7 Å². The van der Waals surface area contributed by atoms with Gasteiger partial charge in [-0.3, -0.25) is 0 Å². The van der Waals surface area contributed by atoms with Crippen molar-refractivity contribution in [2.75, 3.05) is 5.73 Å². The third-order valence-electron chi connectivity index (χ3n) is 2.89. The summed E-state index contributed by atoms with van der Waals surface area (Å²) in [6, 6.07) is 8.33. The second-order valence-corrected chi connectivity index (χ2v) is 4.66. The van der Waals surface area contributed by atoms with Crippen molar-refractivity contribution in [1.82, 2.24) is 10.1 Å². The average molecular weight is 308 g/mol. The van der Waals surface area contributed by atoms with Crippen LogP contribution in [0.4, 0.5) is 14.5 Å². The lowest BCUT2D eigenvalue weighted by Gasteiger charge is -2.01. The molecule has 0 saturated carbocycles. The van der Waals surface area contributed by atoms with Crippen LogP contribution in [0.5, 0.6) is 0 Å². The molecule has 0 atom stereocenters. The minimum atomic E-state index is -0.985. The summed E-state index contributed by atoms with van der Waals surface area (Å²) < 4.78 is 31.2. The molecule has 0 aliphatic carbocycles. The second kappa shape index (κ2) is 5.14. The van der Waals surface area contributed by atoms with Crippen LogP contribution in [0.1, 0.15) is 0 Å². The summed E-state index contributed by atoms with van der Waals surface area (Å²) in [5.74, 6) is -1.65. The highest BCUT2D eigenvalue weighted by Gasteiger charge is 2.15. The Labute approximate surface area is 123 Å².